The van der Waals surface area contributed by atoms with Crippen molar-refractivity contribution in [3.63, 3.8) is 0 Å². The molecule has 1 aromatic rings. The molecule has 20 heavy (non-hydrogen) atoms. The molecule has 1 unspecified atom stereocenters. The van der Waals surface area contributed by atoms with Crippen LogP contribution in [0.1, 0.15) is 27.2 Å². The molecule has 0 bridgehead atoms. The van der Waals surface area contributed by atoms with Gasteiger partial charge in [0.1, 0.15) is 0 Å². The molecular weight excluding hydrogens is 294 g/mol. The largest absolute Gasteiger partial charge is 0.481 e. The van der Waals surface area contributed by atoms with Crippen molar-refractivity contribution in [3.8, 4) is 0 Å². The summed E-state index contributed by atoms with van der Waals surface area (Å²) in [7, 11) is 0. The topological polar surface area (TPSA) is 66.4 Å². The molecule has 1 atom stereocenters. The van der Waals surface area contributed by atoms with Gasteiger partial charge in [0.2, 0.25) is 5.91 Å². The van der Waals surface area contributed by atoms with Crippen molar-refractivity contribution < 1.29 is 14.7 Å². The molecule has 1 heterocycles. The highest BCUT2D eigenvalue weighted by molar-refractivity contribution is 8.01. The normalized spacial score (nSPS) is 12.9. The van der Waals surface area contributed by atoms with Gasteiger partial charge in [0.05, 0.1) is 15.9 Å². The first-order chi connectivity index (χ1) is 9.28. The van der Waals surface area contributed by atoms with E-state index in [0.717, 1.165) is 4.21 Å². The van der Waals surface area contributed by atoms with Gasteiger partial charge in [-0.2, -0.15) is 0 Å². The molecule has 0 spiro atoms. The number of hydrogen-bond donors (Lipinski definition) is 2. The van der Waals surface area contributed by atoms with Crippen molar-refractivity contribution in [3.05, 3.63) is 17.5 Å². The van der Waals surface area contributed by atoms with Crippen molar-refractivity contribution in [2.24, 2.45) is 11.3 Å². The molecule has 1 amide bonds. The Bertz CT molecular complexity index is 438. The van der Waals surface area contributed by atoms with Gasteiger partial charge >= 0.3 is 5.97 Å². The van der Waals surface area contributed by atoms with Crippen molar-refractivity contribution in [2.45, 2.75) is 31.4 Å². The second-order valence-corrected chi connectivity index (χ2v) is 8.05. The fourth-order valence-electron chi connectivity index (χ4n) is 1.76. The highest BCUT2D eigenvalue weighted by Gasteiger charge is 2.24. The highest BCUT2D eigenvalue weighted by atomic mass is 32.2. The summed E-state index contributed by atoms with van der Waals surface area (Å²) in [5, 5.41) is 13.9. The summed E-state index contributed by atoms with van der Waals surface area (Å²) in [4.78, 5) is 22.9. The monoisotopic (exact) mass is 315 g/mol. The highest BCUT2D eigenvalue weighted by Crippen LogP contribution is 2.25. The van der Waals surface area contributed by atoms with E-state index in [0.29, 0.717) is 12.2 Å². The van der Waals surface area contributed by atoms with Gasteiger partial charge in [-0.1, -0.05) is 26.8 Å². The van der Waals surface area contributed by atoms with Crippen LogP contribution in [0.5, 0.6) is 0 Å². The van der Waals surface area contributed by atoms with E-state index in [4.69, 9.17) is 0 Å². The Morgan fingerprint density at radius 1 is 1.45 bits per heavy atom. The molecule has 0 fully saturated rings. The molecule has 2 N–H and O–H groups in total. The summed E-state index contributed by atoms with van der Waals surface area (Å²) < 4.78 is 1.09. The van der Waals surface area contributed by atoms with Crippen molar-refractivity contribution in [1.82, 2.24) is 5.32 Å². The Balaban J connectivity index is 2.35. The lowest BCUT2D eigenvalue weighted by Crippen LogP contribution is -2.35. The quantitative estimate of drug-likeness (QED) is 0.759. The molecule has 0 saturated carbocycles. The Morgan fingerprint density at radius 2 is 2.15 bits per heavy atom. The van der Waals surface area contributed by atoms with E-state index >= 15 is 0 Å². The van der Waals surface area contributed by atoms with Gasteiger partial charge in [-0.15, -0.1) is 23.1 Å². The molecule has 0 aliphatic heterocycles. The molecule has 0 radical (unpaired) electrons. The van der Waals surface area contributed by atoms with Gasteiger partial charge in [0.25, 0.3) is 0 Å². The number of carboxylic acids is 1. The second-order valence-electron chi connectivity index (χ2n) is 5.82. The number of carbonyl (C=O) groups is 2. The Kier molecular flexibility index (Phi) is 6.55. The number of carbonyl (C=O) groups excluding carboxylic acids is 1. The molecule has 0 aromatic carbocycles. The van der Waals surface area contributed by atoms with Crippen LogP contribution >= 0.6 is 23.1 Å². The third-order valence-corrected chi connectivity index (χ3v) is 4.73. The van der Waals surface area contributed by atoms with Crippen LogP contribution in [0.25, 0.3) is 0 Å². The van der Waals surface area contributed by atoms with Crippen molar-refractivity contribution in [1.29, 1.82) is 0 Å². The average molecular weight is 315 g/mol. The van der Waals surface area contributed by atoms with Crippen LogP contribution in [0.15, 0.2) is 21.7 Å². The Labute approximate surface area is 128 Å². The zero-order chi connectivity index (χ0) is 15.2. The predicted octanol–water partition coefficient (Wildman–Crippen LogP) is 3.09. The summed E-state index contributed by atoms with van der Waals surface area (Å²) in [6.45, 7) is 6.18. The number of hydrogen-bond acceptors (Lipinski definition) is 4. The molecule has 0 saturated heterocycles. The van der Waals surface area contributed by atoms with Crippen LogP contribution < -0.4 is 5.32 Å². The maximum atomic E-state index is 11.7. The van der Waals surface area contributed by atoms with E-state index in [1.165, 1.54) is 11.8 Å². The molecule has 0 aliphatic rings. The fourth-order valence-corrected chi connectivity index (χ4v) is 3.37. The van der Waals surface area contributed by atoms with Crippen LogP contribution in [0.4, 0.5) is 0 Å². The standard InChI is InChI=1S/C14H21NO3S2/c1-14(2,3)7-10(13(17)18)8-15-11(16)9-20-12-5-4-6-19-12/h4-6,10H,7-9H2,1-3H3,(H,15,16)(H,17,18). The van der Waals surface area contributed by atoms with Gasteiger partial charge in [0.15, 0.2) is 0 Å². The third-order valence-electron chi connectivity index (χ3n) is 2.59. The fraction of sp³-hybridized carbons (Fsp3) is 0.571. The van der Waals surface area contributed by atoms with E-state index in [2.05, 4.69) is 5.32 Å². The Hall–Kier alpha value is -1.01. The SMILES string of the molecule is CC(C)(C)CC(CNC(=O)CSc1cccs1)C(=O)O. The average Bonchev–Trinajstić information content (AvgIpc) is 2.83. The second kappa shape index (κ2) is 7.69. The lowest BCUT2D eigenvalue weighted by molar-refractivity contribution is -0.142. The molecule has 6 heteroatoms. The number of carboxylic acid groups (broad SMARTS) is 1. The van der Waals surface area contributed by atoms with E-state index < -0.39 is 11.9 Å². The van der Waals surface area contributed by atoms with Gasteiger partial charge < -0.3 is 10.4 Å². The van der Waals surface area contributed by atoms with Gasteiger partial charge in [-0.25, -0.2) is 0 Å². The minimum absolute atomic E-state index is 0.0699. The number of thiophene rings is 1. The van der Waals surface area contributed by atoms with Crippen molar-refractivity contribution >= 4 is 35.0 Å². The molecule has 1 rings (SSSR count). The first-order valence-electron chi connectivity index (χ1n) is 6.44. The zero-order valence-electron chi connectivity index (χ0n) is 12.0. The van der Waals surface area contributed by atoms with Gasteiger partial charge in [0, 0.05) is 6.54 Å². The summed E-state index contributed by atoms with van der Waals surface area (Å²) in [6, 6.07) is 3.90. The molecule has 112 valence electrons. The van der Waals surface area contributed by atoms with E-state index in [1.54, 1.807) is 11.3 Å². The van der Waals surface area contributed by atoms with Crippen LogP contribution in [-0.2, 0) is 9.59 Å². The van der Waals surface area contributed by atoms with Crippen LogP contribution in [0.3, 0.4) is 0 Å². The summed E-state index contributed by atoms with van der Waals surface area (Å²) in [5.41, 5.74) is -0.0699. The summed E-state index contributed by atoms with van der Waals surface area (Å²) in [6.07, 6.45) is 0.542. The maximum Gasteiger partial charge on any atom is 0.308 e. The number of aliphatic carboxylic acids is 1. The lowest BCUT2D eigenvalue weighted by atomic mass is 9.84. The predicted molar refractivity (Wildman–Crippen MR) is 83.3 cm³/mol. The minimum atomic E-state index is -0.855. The number of nitrogens with one attached hydrogen (secondary N) is 1. The first kappa shape index (κ1) is 17.0. The number of thioether (sulfide) groups is 1. The van der Waals surface area contributed by atoms with E-state index in [1.807, 2.05) is 38.3 Å². The minimum Gasteiger partial charge on any atom is -0.481 e. The van der Waals surface area contributed by atoms with E-state index in [-0.39, 0.29) is 17.9 Å². The van der Waals surface area contributed by atoms with Crippen molar-refractivity contribution in [2.75, 3.05) is 12.3 Å². The summed E-state index contributed by atoms with van der Waals surface area (Å²) >= 11 is 3.06. The zero-order valence-corrected chi connectivity index (χ0v) is 13.6. The molecule has 1 aromatic heterocycles. The van der Waals surface area contributed by atoms with Gasteiger partial charge in [-0.05, 0) is 23.3 Å². The first-order valence-corrected chi connectivity index (χ1v) is 8.30. The lowest BCUT2D eigenvalue weighted by Gasteiger charge is -2.23. The van der Waals surface area contributed by atoms with Crippen LogP contribution in [0.2, 0.25) is 0 Å². The van der Waals surface area contributed by atoms with Crippen LogP contribution in [0, 0.1) is 11.3 Å². The third kappa shape index (κ3) is 6.96. The van der Waals surface area contributed by atoms with Crippen LogP contribution in [-0.4, -0.2) is 29.3 Å². The summed E-state index contributed by atoms with van der Waals surface area (Å²) in [5.74, 6) is -1.19. The Morgan fingerprint density at radius 3 is 2.65 bits per heavy atom. The van der Waals surface area contributed by atoms with E-state index in [9.17, 15) is 14.7 Å². The molecule has 0 aliphatic carbocycles. The number of rotatable bonds is 7. The number of amides is 1. The smallest absolute Gasteiger partial charge is 0.308 e. The molecular formula is C14H21NO3S2. The van der Waals surface area contributed by atoms with Gasteiger partial charge in [-0.3, -0.25) is 9.59 Å². The molecule has 4 nitrogen and oxygen atoms in total. The maximum absolute atomic E-state index is 11.7.